The molecule has 0 aromatic heterocycles. The molecule has 0 aromatic carbocycles. The zero-order valence-electron chi connectivity index (χ0n) is 9.07. The first-order valence-electron chi connectivity index (χ1n) is 5.44. The van der Waals surface area contributed by atoms with Gasteiger partial charge in [-0.1, -0.05) is 11.6 Å². The number of hydrogen-bond donors (Lipinski definition) is 0. The van der Waals surface area contributed by atoms with E-state index >= 15 is 0 Å². The van der Waals surface area contributed by atoms with Crippen LogP contribution in [0.15, 0.2) is 11.6 Å². The Bertz CT molecular complexity index is 269. The van der Waals surface area contributed by atoms with Gasteiger partial charge in [0.25, 0.3) is 0 Å². The molecule has 0 N–H and O–H groups in total. The molecule has 0 bridgehead atoms. The maximum absolute atomic E-state index is 11.7. The molecule has 0 aliphatic carbocycles. The van der Waals surface area contributed by atoms with Crippen LogP contribution in [-0.4, -0.2) is 43.4 Å². The minimum absolute atomic E-state index is 0.0375. The second-order valence-electron chi connectivity index (χ2n) is 4.12. The molecule has 84 valence electrons. The molecule has 1 unspecified atom stereocenters. The summed E-state index contributed by atoms with van der Waals surface area (Å²) in [4.78, 5) is 13.4. The molecule has 1 amide bonds. The molecule has 0 saturated carbocycles. The molecular weight excluding hydrogens is 194 g/mol. The van der Waals surface area contributed by atoms with Gasteiger partial charge in [0.2, 0.25) is 0 Å². The van der Waals surface area contributed by atoms with Crippen LogP contribution in [0.4, 0.5) is 4.79 Å². The largest absolute Gasteiger partial charge is 0.444 e. The zero-order chi connectivity index (χ0) is 10.7. The Hall–Kier alpha value is -1.03. The highest BCUT2D eigenvalue weighted by Gasteiger charge is 2.24. The van der Waals surface area contributed by atoms with Gasteiger partial charge in [-0.15, -0.1) is 0 Å². The molecule has 1 fully saturated rings. The quantitative estimate of drug-likeness (QED) is 0.618. The number of ether oxygens (including phenoxy) is 2. The van der Waals surface area contributed by atoms with Crippen molar-refractivity contribution in [2.45, 2.75) is 25.9 Å². The average molecular weight is 211 g/mol. The smallest absolute Gasteiger partial charge is 0.410 e. The molecule has 2 heterocycles. The van der Waals surface area contributed by atoms with Crippen molar-refractivity contribution in [2.24, 2.45) is 0 Å². The van der Waals surface area contributed by atoms with Crippen LogP contribution in [-0.2, 0) is 9.47 Å². The Morgan fingerprint density at radius 2 is 2.53 bits per heavy atom. The number of nitrogens with zero attached hydrogens (tertiary/aromatic N) is 1. The maximum atomic E-state index is 11.7. The van der Waals surface area contributed by atoms with Crippen LogP contribution in [0.5, 0.6) is 0 Å². The SMILES string of the molecule is CC1=CCN(C(=O)OC2CCOC2)CC1. The van der Waals surface area contributed by atoms with Crippen molar-refractivity contribution in [3.63, 3.8) is 0 Å². The standard InChI is InChI=1S/C11H17NO3/c1-9-2-5-12(6-3-9)11(13)15-10-4-7-14-8-10/h2,10H,3-8H2,1H3. The first-order chi connectivity index (χ1) is 7.25. The summed E-state index contributed by atoms with van der Waals surface area (Å²) < 4.78 is 10.5. The van der Waals surface area contributed by atoms with Gasteiger partial charge in [-0.25, -0.2) is 4.79 Å². The highest BCUT2D eigenvalue weighted by atomic mass is 16.6. The van der Waals surface area contributed by atoms with Crippen LogP contribution in [0.3, 0.4) is 0 Å². The highest BCUT2D eigenvalue weighted by molar-refractivity contribution is 5.68. The molecule has 15 heavy (non-hydrogen) atoms. The van der Waals surface area contributed by atoms with Crippen molar-refractivity contribution in [3.05, 3.63) is 11.6 Å². The third-order valence-corrected chi connectivity index (χ3v) is 2.85. The number of carbonyl (C=O) groups excluding carboxylic acids is 1. The molecule has 1 saturated heterocycles. The van der Waals surface area contributed by atoms with E-state index in [1.807, 2.05) is 0 Å². The summed E-state index contributed by atoms with van der Waals surface area (Å²) in [5, 5.41) is 0. The minimum Gasteiger partial charge on any atom is -0.444 e. The summed E-state index contributed by atoms with van der Waals surface area (Å²) in [6.45, 7) is 4.80. The zero-order valence-corrected chi connectivity index (χ0v) is 9.07. The van der Waals surface area contributed by atoms with E-state index in [2.05, 4.69) is 13.0 Å². The summed E-state index contributed by atoms with van der Waals surface area (Å²) >= 11 is 0. The topological polar surface area (TPSA) is 38.8 Å². The van der Waals surface area contributed by atoms with Gasteiger partial charge in [-0.2, -0.15) is 0 Å². The maximum Gasteiger partial charge on any atom is 0.410 e. The fourth-order valence-electron chi connectivity index (χ4n) is 1.76. The van der Waals surface area contributed by atoms with Crippen molar-refractivity contribution in [2.75, 3.05) is 26.3 Å². The molecule has 0 radical (unpaired) electrons. The second kappa shape index (κ2) is 4.66. The summed E-state index contributed by atoms with van der Waals surface area (Å²) in [6.07, 6.45) is 3.62. The van der Waals surface area contributed by atoms with Crippen LogP contribution in [0, 0.1) is 0 Å². The summed E-state index contributed by atoms with van der Waals surface area (Å²) in [6, 6.07) is 0. The molecule has 4 nitrogen and oxygen atoms in total. The van der Waals surface area contributed by atoms with E-state index in [1.54, 1.807) is 4.90 Å². The predicted octanol–water partition coefficient (Wildman–Crippen LogP) is 1.56. The third-order valence-electron chi connectivity index (χ3n) is 2.85. The van der Waals surface area contributed by atoms with E-state index in [9.17, 15) is 4.79 Å². The van der Waals surface area contributed by atoms with Gasteiger partial charge >= 0.3 is 6.09 Å². The van der Waals surface area contributed by atoms with Crippen molar-refractivity contribution in [3.8, 4) is 0 Å². The molecule has 2 aliphatic rings. The van der Waals surface area contributed by atoms with E-state index in [0.29, 0.717) is 19.8 Å². The van der Waals surface area contributed by atoms with Gasteiger partial charge in [0, 0.05) is 19.5 Å². The number of rotatable bonds is 1. The Morgan fingerprint density at radius 3 is 3.13 bits per heavy atom. The van der Waals surface area contributed by atoms with Crippen LogP contribution in [0.25, 0.3) is 0 Å². The lowest BCUT2D eigenvalue weighted by Crippen LogP contribution is -2.37. The fraction of sp³-hybridized carbons (Fsp3) is 0.727. The monoisotopic (exact) mass is 211 g/mol. The van der Waals surface area contributed by atoms with Gasteiger partial charge in [0.1, 0.15) is 6.10 Å². The van der Waals surface area contributed by atoms with E-state index in [-0.39, 0.29) is 12.2 Å². The van der Waals surface area contributed by atoms with Gasteiger partial charge in [0.15, 0.2) is 0 Å². The molecule has 0 spiro atoms. The molecule has 4 heteroatoms. The van der Waals surface area contributed by atoms with Crippen molar-refractivity contribution in [1.29, 1.82) is 0 Å². The predicted molar refractivity (Wildman–Crippen MR) is 55.7 cm³/mol. The van der Waals surface area contributed by atoms with Crippen LogP contribution in [0.2, 0.25) is 0 Å². The van der Waals surface area contributed by atoms with E-state index in [0.717, 1.165) is 19.4 Å². The van der Waals surface area contributed by atoms with Crippen molar-refractivity contribution in [1.82, 2.24) is 4.90 Å². The Kier molecular flexibility index (Phi) is 3.26. The van der Waals surface area contributed by atoms with Gasteiger partial charge < -0.3 is 14.4 Å². The molecule has 1 atom stereocenters. The lowest BCUT2D eigenvalue weighted by Gasteiger charge is -2.25. The van der Waals surface area contributed by atoms with Crippen molar-refractivity contribution >= 4 is 6.09 Å². The van der Waals surface area contributed by atoms with Crippen molar-refractivity contribution < 1.29 is 14.3 Å². The summed E-state index contributed by atoms with van der Waals surface area (Å²) in [5.41, 5.74) is 1.35. The summed E-state index contributed by atoms with van der Waals surface area (Å²) in [7, 11) is 0. The van der Waals surface area contributed by atoms with E-state index in [4.69, 9.17) is 9.47 Å². The number of hydrogen-bond acceptors (Lipinski definition) is 3. The van der Waals surface area contributed by atoms with E-state index < -0.39 is 0 Å². The van der Waals surface area contributed by atoms with E-state index in [1.165, 1.54) is 5.57 Å². The fourth-order valence-corrected chi connectivity index (χ4v) is 1.76. The normalized spacial score (nSPS) is 26.3. The molecule has 0 aromatic rings. The average Bonchev–Trinajstić information content (AvgIpc) is 2.71. The Morgan fingerprint density at radius 1 is 1.67 bits per heavy atom. The molecule has 2 aliphatic heterocycles. The lowest BCUT2D eigenvalue weighted by atomic mass is 10.1. The molecule has 2 rings (SSSR count). The number of amides is 1. The van der Waals surface area contributed by atoms with Crippen LogP contribution in [0.1, 0.15) is 19.8 Å². The van der Waals surface area contributed by atoms with Crippen LogP contribution >= 0.6 is 0 Å². The second-order valence-corrected chi connectivity index (χ2v) is 4.12. The highest BCUT2D eigenvalue weighted by Crippen LogP contribution is 2.14. The lowest BCUT2D eigenvalue weighted by molar-refractivity contribution is 0.0564. The first kappa shape index (κ1) is 10.5. The minimum atomic E-state index is -0.200. The van der Waals surface area contributed by atoms with Gasteiger partial charge in [-0.05, 0) is 13.3 Å². The Balaban J connectivity index is 1.80. The van der Waals surface area contributed by atoms with Gasteiger partial charge in [-0.3, -0.25) is 0 Å². The number of carbonyl (C=O) groups is 1. The molecular formula is C11H17NO3. The third kappa shape index (κ3) is 2.72. The van der Waals surface area contributed by atoms with Crippen LogP contribution < -0.4 is 0 Å². The first-order valence-corrected chi connectivity index (χ1v) is 5.44. The Labute approximate surface area is 89.8 Å². The summed E-state index contributed by atoms with van der Waals surface area (Å²) in [5.74, 6) is 0. The van der Waals surface area contributed by atoms with Gasteiger partial charge in [0.05, 0.1) is 13.2 Å².